The second-order valence-corrected chi connectivity index (χ2v) is 5.99. The van der Waals surface area contributed by atoms with Crippen LogP contribution in [0.15, 0.2) is 21.1 Å². The number of nitrogens with zero attached hydrogens (tertiary/aromatic N) is 2. The topological polar surface area (TPSA) is 72.6 Å². The van der Waals surface area contributed by atoms with Crippen molar-refractivity contribution in [2.24, 2.45) is 0 Å². The first kappa shape index (κ1) is 18.8. The summed E-state index contributed by atoms with van der Waals surface area (Å²) in [6.45, 7) is 4.47. The largest absolute Gasteiger partial charge is 0.428 e. The van der Waals surface area contributed by atoms with Crippen LogP contribution < -0.4 is 4.90 Å². The van der Waals surface area contributed by atoms with Crippen molar-refractivity contribution in [1.82, 2.24) is 4.98 Å². The van der Waals surface area contributed by atoms with Gasteiger partial charge in [-0.15, -0.1) is 0 Å². The molecule has 0 amide bonds. The Hall–Kier alpha value is -2.58. The Bertz CT molecular complexity index is 797. The lowest BCUT2D eigenvalue weighted by Crippen LogP contribution is -2.13. The Labute approximate surface area is 141 Å². The summed E-state index contributed by atoms with van der Waals surface area (Å²) in [5.41, 5.74) is -0.767. The van der Waals surface area contributed by atoms with Crippen molar-refractivity contribution in [2.75, 3.05) is 19.0 Å². The highest BCUT2D eigenvalue weighted by Gasteiger charge is 2.42. The summed E-state index contributed by atoms with van der Waals surface area (Å²) in [5, 5.41) is 0. The van der Waals surface area contributed by atoms with Crippen LogP contribution in [0.25, 0.3) is 5.57 Å². The number of alkyl halides is 3. The van der Waals surface area contributed by atoms with Crippen molar-refractivity contribution >= 4 is 23.5 Å². The lowest BCUT2D eigenvalue weighted by molar-refractivity contribution is -0.149. The number of ether oxygens (including phenoxy) is 1. The Balaban J connectivity index is 2.79. The maximum atomic E-state index is 13.1. The van der Waals surface area contributed by atoms with Gasteiger partial charge in [-0.25, -0.2) is 9.59 Å². The van der Waals surface area contributed by atoms with Gasteiger partial charge in [0, 0.05) is 19.7 Å². The van der Waals surface area contributed by atoms with Gasteiger partial charge in [0.25, 0.3) is 6.01 Å². The summed E-state index contributed by atoms with van der Waals surface area (Å²) in [4.78, 5) is 29.5. The van der Waals surface area contributed by atoms with E-state index in [9.17, 15) is 22.8 Å². The Morgan fingerprint density at radius 3 is 2.12 bits per heavy atom. The molecule has 9 heteroatoms. The average Bonchev–Trinajstić information content (AvgIpc) is 2.95. The molecule has 0 spiro atoms. The summed E-state index contributed by atoms with van der Waals surface area (Å²) >= 11 is 0. The van der Waals surface area contributed by atoms with Crippen LogP contribution in [0.3, 0.4) is 0 Å². The van der Waals surface area contributed by atoms with E-state index in [1.165, 1.54) is 25.7 Å². The number of carbonyl (C=O) groups is 2. The van der Waals surface area contributed by atoms with E-state index >= 15 is 0 Å². The lowest BCUT2D eigenvalue weighted by atomic mass is 9.94. The maximum Gasteiger partial charge on any atom is 0.393 e. The molecule has 1 aromatic rings. The number of cyclic esters (lactones) is 2. The van der Waals surface area contributed by atoms with Gasteiger partial charge >= 0.3 is 18.1 Å². The predicted octanol–water partition coefficient (Wildman–Crippen LogP) is 3.17. The van der Waals surface area contributed by atoms with Crippen molar-refractivity contribution in [3.05, 3.63) is 28.2 Å². The van der Waals surface area contributed by atoms with Gasteiger partial charge in [-0.3, -0.25) is 0 Å². The SMILES string of the molecule is CC(C)=C1C(=O)OC(=O)C1=C(CC(F)(F)F)c1nc(N(C)C)oc1C. The Morgan fingerprint density at radius 2 is 1.68 bits per heavy atom. The van der Waals surface area contributed by atoms with Crippen LogP contribution >= 0.6 is 0 Å². The third kappa shape index (κ3) is 3.75. The number of allylic oxidation sites excluding steroid dienone is 2. The third-order valence-electron chi connectivity index (χ3n) is 3.48. The highest BCUT2D eigenvalue weighted by atomic mass is 19.4. The minimum atomic E-state index is -4.62. The van der Waals surface area contributed by atoms with E-state index in [0.717, 1.165) is 0 Å². The highest BCUT2D eigenvalue weighted by Crippen LogP contribution is 2.40. The molecule has 1 aromatic heterocycles. The zero-order valence-electron chi connectivity index (χ0n) is 14.4. The van der Waals surface area contributed by atoms with Crippen molar-refractivity contribution < 1.29 is 31.9 Å². The van der Waals surface area contributed by atoms with E-state index < -0.39 is 35.7 Å². The minimum Gasteiger partial charge on any atom is -0.428 e. The van der Waals surface area contributed by atoms with Crippen molar-refractivity contribution in [2.45, 2.75) is 33.4 Å². The molecule has 136 valence electrons. The fourth-order valence-electron chi connectivity index (χ4n) is 2.46. The minimum absolute atomic E-state index is 0.0872. The molecule has 2 rings (SSSR count). The summed E-state index contributed by atoms with van der Waals surface area (Å²) < 4.78 is 49.3. The van der Waals surface area contributed by atoms with Crippen LogP contribution in [0.2, 0.25) is 0 Å². The Kier molecular flexibility index (Phi) is 4.79. The lowest BCUT2D eigenvalue weighted by Gasteiger charge is -2.12. The quantitative estimate of drug-likeness (QED) is 0.469. The number of aryl methyl sites for hydroxylation is 1. The molecule has 0 aliphatic carbocycles. The standard InChI is InChI=1S/C16H17F3N2O4/c1-7(2)10-11(14(23)25-13(10)22)9(6-16(17,18)19)12-8(3)24-15(20-12)21(4)5/h6H2,1-5H3. The number of anilines is 1. The van der Waals surface area contributed by atoms with Gasteiger partial charge in [-0.05, 0) is 20.8 Å². The van der Waals surface area contributed by atoms with Gasteiger partial charge in [-0.2, -0.15) is 18.2 Å². The Morgan fingerprint density at radius 1 is 1.12 bits per heavy atom. The summed E-state index contributed by atoms with van der Waals surface area (Å²) in [6.07, 6.45) is -6.06. The first-order chi connectivity index (χ1) is 11.4. The van der Waals surface area contributed by atoms with Crippen LogP contribution in [-0.2, 0) is 14.3 Å². The second kappa shape index (κ2) is 6.38. The number of rotatable bonds is 3. The molecule has 0 atom stereocenters. The molecule has 1 saturated heterocycles. The van der Waals surface area contributed by atoms with Crippen molar-refractivity contribution in [3.63, 3.8) is 0 Å². The molecule has 25 heavy (non-hydrogen) atoms. The summed E-state index contributed by atoms with van der Waals surface area (Å²) in [5.74, 6) is -1.97. The molecule has 0 N–H and O–H groups in total. The monoisotopic (exact) mass is 358 g/mol. The van der Waals surface area contributed by atoms with E-state index in [1.807, 2.05) is 0 Å². The zero-order valence-corrected chi connectivity index (χ0v) is 14.4. The van der Waals surface area contributed by atoms with Crippen LogP contribution in [0.5, 0.6) is 0 Å². The first-order valence-electron chi connectivity index (χ1n) is 7.31. The number of aromatic nitrogens is 1. The summed E-state index contributed by atoms with van der Waals surface area (Å²) in [7, 11) is 3.22. The van der Waals surface area contributed by atoms with E-state index in [2.05, 4.69) is 9.72 Å². The number of carbonyl (C=O) groups excluding carboxylic acids is 2. The average molecular weight is 358 g/mol. The number of esters is 2. The van der Waals surface area contributed by atoms with Crippen molar-refractivity contribution in [1.29, 1.82) is 0 Å². The van der Waals surface area contributed by atoms with Gasteiger partial charge < -0.3 is 14.1 Å². The molecule has 6 nitrogen and oxygen atoms in total. The number of hydrogen-bond acceptors (Lipinski definition) is 6. The number of oxazole rings is 1. The molecule has 1 aliphatic heterocycles. The molecule has 0 aromatic carbocycles. The van der Waals surface area contributed by atoms with E-state index in [-0.39, 0.29) is 23.0 Å². The number of hydrogen-bond donors (Lipinski definition) is 0. The fraction of sp³-hybridized carbons (Fsp3) is 0.438. The van der Waals surface area contributed by atoms with Gasteiger partial charge in [0.1, 0.15) is 11.5 Å². The van der Waals surface area contributed by atoms with Crippen molar-refractivity contribution in [3.8, 4) is 0 Å². The normalized spacial score (nSPS) is 17.0. The van der Waals surface area contributed by atoms with Crippen LogP contribution in [0, 0.1) is 6.92 Å². The highest BCUT2D eigenvalue weighted by molar-refractivity contribution is 6.22. The molecule has 2 heterocycles. The van der Waals surface area contributed by atoms with Crippen LogP contribution in [0.4, 0.5) is 19.2 Å². The zero-order chi connectivity index (χ0) is 19.1. The summed E-state index contributed by atoms with van der Waals surface area (Å²) in [6, 6.07) is 0.0872. The van der Waals surface area contributed by atoms with Gasteiger partial charge in [0.2, 0.25) is 0 Å². The molecule has 1 fully saturated rings. The molecule has 0 saturated carbocycles. The molecule has 1 aliphatic rings. The van der Waals surface area contributed by atoms with Crippen LogP contribution in [0.1, 0.15) is 31.7 Å². The van der Waals surface area contributed by atoms with Gasteiger partial charge in [0.15, 0.2) is 0 Å². The molecule has 0 radical (unpaired) electrons. The smallest absolute Gasteiger partial charge is 0.393 e. The van der Waals surface area contributed by atoms with E-state index in [1.54, 1.807) is 14.1 Å². The first-order valence-corrected chi connectivity index (χ1v) is 7.31. The predicted molar refractivity (Wildman–Crippen MR) is 82.6 cm³/mol. The number of halogens is 3. The van der Waals surface area contributed by atoms with E-state index in [0.29, 0.717) is 5.57 Å². The van der Waals surface area contributed by atoms with Gasteiger partial charge in [0.05, 0.1) is 17.6 Å². The third-order valence-corrected chi connectivity index (χ3v) is 3.48. The molecule has 0 unspecified atom stereocenters. The fourth-order valence-corrected chi connectivity index (χ4v) is 2.46. The van der Waals surface area contributed by atoms with Gasteiger partial charge in [-0.1, -0.05) is 5.57 Å². The second-order valence-electron chi connectivity index (χ2n) is 5.99. The van der Waals surface area contributed by atoms with Crippen LogP contribution in [-0.4, -0.2) is 37.2 Å². The van der Waals surface area contributed by atoms with E-state index in [4.69, 9.17) is 4.42 Å². The maximum absolute atomic E-state index is 13.1. The molecular formula is C16H17F3N2O4. The molecular weight excluding hydrogens is 341 g/mol. The molecule has 0 bridgehead atoms.